The summed E-state index contributed by atoms with van der Waals surface area (Å²) in [6.45, 7) is -0.168. The molecule has 1 fully saturated rings. The molecule has 2 heterocycles. The average Bonchev–Trinajstić information content (AvgIpc) is 3.55. The van der Waals surface area contributed by atoms with Gasteiger partial charge in [0.05, 0.1) is 18.3 Å². The molecule has 0 aliphatic heterocycles. The Kier molecular flexibility index (Phi) is 7.06. The Balaban J connectivity index is 1.51. The molecule has 2 amide bonds. The zero-order valence-electron chi connectivity index (χ0n) is 19.8. The van der Waals surface area contributed by atoms with Crippen LogP contribution in [0.15, 0.2) is 71.3 Å². The number of nitrogens with one attached hydrogen (secondary N) is 1. The maximum absolute atomic E-state index is 15.1. The highest BCUT2D eigenvalue weighted by molar-refractivity contribution is 5.89. The maximum Gasteiger partial charge on any atom is 0.247 e. The minimum Gasteiger partial charge on any atom is -0.467 e. The number of benzene rings is 2. The van der Waals surface area contributed by atoms with Crippen LogP contribution in [0.1, 0.15) is 49.5 Å². The van der Waals surface area contributed by atoms with Crippen LogP contribution in [0.3, 0.4) is 0 Å². The first-order valence-corrected chi connectivity index (χ1v) is 12.2. The van der Waals surface area contributed by atoms with Gasteiger partial charge in [-0.25, -0.2) is 9.07 Å². The van der Waals surface area contributed by atoms with E-state index in [4.69, 9.17) is 4.42 Å². The van der Waals surface area contributed by atoms with Crippen LogP contribution in [-0.4, -0.2) is 37.7 Å². The van der Waals surface area contributed by atoms with Crippen molar-refractivity contribution >= 4 is 22.8 Å². The van der Waals surface area contributed by atoms with Gasteiger partial charge in [0.15, 0.2) is 0 Å². The van der Waals surface area contributed by atoms with Crippen LogP contribution in [0.25, 0.3) is 11.0 Å². The number of furan rings is 1. The lowest BCUT2D eigenvalue weighted by molar-refractivity contribution is -0.143. The van der Waals surface area contributed by atoms with Crippen molar-refractivity contribution in [2.24, 2.45) is 0 Å². The lowest BCUT2D eigenvalue weighted by Gasteiger charge is -2.33. The van der Waals surface area contributed by atoms with Crippen molar-refractivity contribution < 1.29 is 18.4 Å². The van der Waals surface area contributed by atoms with Gasteiger partial charge in [0.2, 0.25) is 11.8 Å². The van der Waals surface area contributed by atoms with Gasteiger partial charge in [-0.15, -0.1) is 5.10 Å². The van der Waals surface area contributed by atoms with Gasteiger partial charge in [0.25, 0.3) is 0 Å². The molecular weight excluding hydrogens is 461 g/mol. The van der Waals surface area contributed by atoms with Crippen LogP contribution in [-0.2, 0) is 22.7 Å². The van der Waals surface area contributed by atoms with Crippen molar-refractivity contribution in [2.75, 3.05) is 0 Å². The predicted octanol–water partition coefficient (Wildman–Crippen LogP) is 4.38. The summed E-state index contributed by atoms with van der Waals surface area (Å²) < 4.78 is 22.1. The monoisotopic (exact) mass is 489 g/mol. The van der Waals surface area contributed by atoms with Gasteiger partial charge in [-0.3, -0.25) is 9.59 Å². The first-order valence-electron chi connectivity index (χ1n) is 12.2. The number of hydrogen-bond acceptors (Lipinski definition) is 5. The Morgan fingerprint density at radius 1 is 1.06 bits per heavy atom. The zero-order valence-corrected chi connectivity index (χ0v) is 19.8. The van der Waals surface area contributed by atoms with E-state index in [-0.39, 0.29) is 24.7 Å². The number of amides is 2. The fourth-order valence-corrected chi connectivity index (χ4v) is 4.82. The summed E-state index contributed by atoms with van der Waals surface area (Å²) in [5.41, 5.74) is 1.48. The molecule has 0 bridgehead atoms. The zero-order chi connectivity index (χ0) is 24.9. The van der Waals surface area contributed by atoms with E-state index in [0.29, 0.717) is 16.8 Å². The topological polar surface area (TPSA) is 93.3 Å². The number of fused-ring (bicyclic) bond motifs is 1. The van der Waals surface area contributed by atoms with E-state index in [9.17, 15) is 9.59 Å². The summed E-state index contributed by atoms with van der Waals surface area (Å²) in [6, 6.07) is 15.7. The second-order valence-corrected chi connectivity index (χ2v) is 9.10. The highest BCUT2D eigenvalue weighted by Crippen LogP contribution is 2.28. The predicted molar refractivity (Wildman–Crippen MR) is 131 cm³/mol. The summed E-state index contributed by atoms with van der Waals surface area (Å²) in [5.74, 6) is -0.882. The second-order valence-electron chi connectivity index (χ2n) is 9.10. The Morgan fingerprint density at radius 2 is 1.83 bits per heavy atom. The smallest absolute Gasteiger partial charge is 0.247 e. The van der Waals surface area contributed by atoms with Gasteiger partial charge in [-0.2, -0.15) is 0 Å². The minimum absolute atomic E-state index is 0.000322. The molecule has 186 valence electrons. The molecule has 0 unspecified atom stereocenters. The summed E-state index contributed by atoms with van der Waals surface area (Å²) in [6.07, 6.45) is 6.44. The molecule has 1 saturated carbocycles. The Bertz CT molecular complexity index is 1330. The van der Waals surface area contributed by atoms with Crippen LogP contribution in [0.5, 0.6) is 0 Å². The van der Waals surface area contributed by atoms with E-state index in [1.165, 1.54) is 21.9 Å². The van der Waals surface area contributed by atoms with Crippen LogP contribution in [0.4, 0.5) is 4.39 Å². The van der Waals surface area contributed by atoms with E-state index in [2.05, 4.69) is 15.6 Å². The third kappa shape index (κ3) is 5.15. The molecule has 1 aliphatic rings. The molecule has 0 saturated heterocycles. The van der Waals surface area contributed by atoms with Gasteiger partial charge < -0.3 is 14.6 Å². The summed E-state index contributed by atoms with van der Waals surface area (Å²) in [7, 11) is 0. The largest absolute Gasteiger partial charge is 0.467 e. The molecule has 2 aromatic carbocycles. The molecule has 1 N–H and O–H groups in total. The molecule has 1 aliphatic carbocycles. The van der Waals surface area contributed by atoms with Gasteiger partial charge in [0.1, 0.15) is 29.7 Å². The Labute approximate surface area is 208 Å². The SMILES string of the molecule is O=C(NC1CCCCC1)[C@@H](c1ccccc1F)N(Cc1ccco1)C(=O)Cn1nnc2ccccc21. The quantitative estimate of drug-likeness (QED) is 0.396. The van der Waals surface area contributed by atoms with E-state index in [1.807, 2.05) is 24.3 Å². The van der Waals surface area contributed by atoms with E-state index in [0.717, 1.165) is 32.1 Å². The van der Waals surface area contributed by atoms with Gasteiger partial charge in [-0.1, -0.05) is 54.8 Å². The first-order chi connectivity index (χ1) is 17.6. The van der Waals surface area contributed by atoms with Crippen molar-refractivity contribution in [2.45, 2.75) is 57.3 Å². The fourth-order valence-electron chi connectivity index (χ4n) is 4.82. The van der Waals surface area contributed by atoms with E-state index in [1.54, 1.807) is 30.3 Å². The fraction of sp³-hybridized carbons (Fsp3) is 0.333. The number of para-hydroxylation sites is 1. The number of carbonyl (C=O) groups is 2. The molecule has 36 heavy (non-hydrogen) atoms. The summed E-state index contributed by atoms with van der Waals surface area (Å²) in [4.78, 5) is 28.9. The molecule has 0 radical (unpaired) electrons. The highest BCUT2D eigenvalue weighted by Gasteiger charge is 2.35. The number of carbonyl (C=O) groups excluding carboxylic acids is 2. The molecule has 4 aromatic rings. The summed E-state index contributed by atoms with van der Waals surface area (Å²) >= 11 is 0. The van der Waals surface area contributed by atoms with Crippen molar-refractivity contribution in [3.8, 4) is 0 Å². The van der Waals surface area contributed by atoms with Crippen molar-refractivity contribution in [3.05, 3.63) is 84.1 Å². The molecule has 0 spiro atoms. The molecule has 5 rings (SSSR count). The number of hydrogen-bond donors (Lipinski definition) is 1. The standard InChI is InChI=1S/C27H28FN5O3/c28-22-13-5-4-12-21(22)26(27(35)29-19-9-2-1-3-10-19)32(17-20-11-8-16-36-20)25(34)18-33-24-15-7-6-14-23(24)30-31-33/h4-8,11-16,19,26H,1-3,9-10,17-18H2,(H,29,35)/t26-/m1/s1. The normalized spacial score (nSPS) is 15.0. The average molecular weight is 490 g/mol. The molecule has 1 atom stereocenters. The van der Waals surface area contributed by atoms with Crippen LogP contribution >= 0.6 is 0 Å². The van der Waals surface area contributed by atoms with Crippen LogP contribution in [0, 0.1) is 5.82 Å². The van der Waals surface area contributed by atoms with Gasteiger partial charge in [-0.05, 0) is 43.2 Å². The minimum atomic E-state index is -1.18. The van der Waals surface area contributed by atoms with Crippen LogP contribution in [0.2, 0.25) is 0 Å². The number of rotatable bonds is 8. The lowest BCUT2D eigenvalue weighted by atomic mass is 9.94. The highest BCUT2D eigenvalue weighted by atomic mass is 19.1. The van der Waals surface area contributed by atoms with Crippen molar-refractivity contribution in [3.63, 3.8) is 0 Å². The molecule has 9 heteroatoms. The molecular formula is C27H28FN5O3. The number of nitrogens with zero attached hydrogens (tertiary/aromatic N) is 4. The van der Waals surface area contributed by atoms with Crippen LogP contribution < -0.4 is 5.32 Å². The van der Waals surface area contributed by atoms with Crippen molar-refractivity contribution in [1.29, 1.82) is 0 Å². The molecule has 8 nitrogen and oxygen atoms in total. The van der Waals surface area contributed by atoms with Gasteiger partial charge in [0, 0.05) is 11.6 Å². The Hall–Kier alpha value is -4.01. The second kappa shape index (κ2) is 10.7. The number of aromatic nitrogens is 3. The third-order valence-electron chi connectivity index (χ3n) is 6.64. The molecule has 2 aromatic heterocycles. The number of halogens is 1. The summed E-state index contributed by atoms with van der Waals surface area (Å²) in [5, 5.41) is 11.3. The Morgan fingerprint density at radius 3 is 2.61 bits per heavy atom. The first kappa shape index (κ1) is 23.7. The van der Waals surface area contributed by atoms with Crippen molar-refractivity contribution in [1.82, 2.24) is 25.2 Å². The van der Waals surface area contributed by atoms with Gasteiger partial charge >= 0.3 is 0 Å². The maximum atomic E-state index is 15.1. The lowest BCUT2D eigenvalue weighted by Crippen LogP contribution is -2.47. The van der Waals surface area contributed by atoms with E-state index >= 15 is 4.39 Å². The third-order valence-corrected chi connectivity index (χ3v) is 6.64. The van der Waals surface area contributed by atoms with E-state index < -0.39 is 23.7 Å².